The van der Waals surface area contributed by atoms with E-state index in [0.29, 0.717) is 17.9 Å². The van der Waals surface area contributed by atoms with Crippen LogP contribution in [-0.4, -0.2) is 127 Å². The molecule has 0 amide bonds. The number of rotatable bonds is 7. The minimum absolute atomic E-state index is 0.0261. The van der Waals surface area contributed by atoms with Gasteiger partial charge in [-0.3, -0.25) is 10.1 Å². The summed E-state index contributed by atoms with van der Waals surface area (Å²) in [5, 5.41) is 48.2. The molecule has 0 bridgehead atoms. The number of hydrogen-bond donors (Lipinski definition) is 1. The molecular formula is C32H16F16N14Na2O6S2. The molecule has 20 nitrogen and oxygen atoms in total. The van der Waals surface area contributed by atoms with Gasteiger partial charge in [0.2, 0.25) is 0 Å². The maximum absolute atomic E-state index is 13.8. The summed E-state index contributed by atoms with van der Waals surface area (Å²) >= 11 is 2.89. The average Bonchev–Trinajstić information content (AvgIpc) is 4.09. The Morgan fingerprint density at radius 1 is 0.625 bits per heavy atom. The van der Waals surface area contributed by atoms with Crippen molar-refractivity contribution in [3.8, 4) is 46.3 Å². The number of nitriles is 2. The van der Waals surface area contributed by atoms with Crippen molar-refractivity contribution >= 4 is 73.5 Å². The molecule has 0 spiro atoms. The van der Waals surface area contributed by atoms with E-state index in [1.807, 2.05) is 0 Å². The zero-order chi connectivity index (χ0) is 55.4. The van der Waals surface area contributed by atoms with E-state index in [1.54, 1.807) is 12.1 Å². The molecule has 0 unspecified atom stereocenters. The van der Waals surface area contributed by atoms with E-state index < -0.39 is 99.8 Å². The molecule has 0 radical (unpaired) electrons. The van der Waals surface area contributed by atoms with E-state index in [2.05, 4.69) is 30.8 Å². The normalized spacial score (nSPS) is 12.0. The number of nitrogens with zero attached hydrogens (tertiary/aromatic N) is 13. The molecule has 0 atom stereocenters. The van der Waals surface area contributed by atoms with Crippen LogP contribution in [0.25, 0.3) is 34.2 Å². The molecule has 40 heteroatoms. The Hall–Kier alpha value is -6.16. The van der Waals surface area contributed by atoms with E-state index in [0.717, 1.165) is 31.4 Å². The number of hydrogen-bond acceptors (Lipinski definition) is 15. The van der Waals surface area contributed by atoms with Gasteiger partial charge in [-0.25, -0.2) is 18.7 Å². The molecule has 0 saturated carbocycles. The van der Waals surface area contributed by atoms with Gasteiger partial charge in [0.25, 0.3) is 5.69 Å². The molecule has 4 aromatic heterocycles. The van der Waals surface area contributed by atoms with Gasteiger partial charge in [-0.2, -0.15) is 108 Å². The van der Waals surface area contributed by atoms with Gasteiger partial charge < -0.3 is 5.73 Å². The third-order valence-electron chi connectivity index (χ3n) is 8.52. The molecule has 2 N–H and O–H groups in total. The van der Waals surface area contributed by atoms with Gasteiger partial charge in [0.15, 0.2) is 23.0 Å². The Kier molecular flexibility index (Phi) is 18.6. The fourth-order valence-corrected chi connectivity index (χ4v) is 5.55. The molecule has 72 heavy (non-hydrogen) atoms. The van der Waals surface area contributed by atoms with E-state index in [1.165, 1.54) is 61.8 Å². The summed E-state index contributed by atoms with van der Waals surface area (Å²) in [6.45, 7) is 0. The monoisotopic (exact) mass is 1110 g/mol. The Morgan fingerprint density at radius 2 is 0.972 bits per heavy atom. The van der Waals surface area contributed by atoms with Crippen LogP contribution >= 0.6 is 0 Å². The van der Waals surface area contributed by atoms with Crippen LogP contribution in [0.1, 0.15) is 33.6 Å². The van der Waals surface area contributed by atoms with Crippen molar-refractivity contribution in [1.82, 2.24) is 49.5 Å². The number of nitrogens with two attached hydrogens (primary N) is 1. The molecular weight excluding hydrogens is 1090 g/mol. The van der Waals surface area contributed by atoms with Crippen LogP contribution in [0.5, 0.6) is 0 Å². The number of nitro groups is 1. The van der Waals surface area contributed by atoms with Gasteiger partial charge in [-0.1, -0.05) is 22.6 Å². The topological polar surface area (TPSA) is 282 Å². The van der Waals surface area contributed by atoms with Gasteiger partial charge in [0, 0.05) is 31.3 Å². The molecule has 376 valence electrons. The van der Waals surface area contributed by atoms with Crippen molar-refractivity contribution in [1.29, 1.82) is 10.5 Å². The molecule has 4 heterocycles. The summed E-state index contributed by atoms with van der Waals surface area (Å²) in [6, 6.07) is 10.3. The van der Waals surface area contributed by atoms with Crippen LogP contribution in [0.4, 0.5) is 81.6 Å². The van der Waals surface area contributed by atoms with E-state index >= 15 is 0 Å². The number of halogens is 16. The summed E-state index contributed by atoms with van der Waals surface area (Å²) in [5.74, 6) is -14.3. The zero-order valence-electron chi connectivity index (χ0n) is 35.3. The van der Waals surface area contributed by atoms with Gasteiger partial charge in [0.1, 0.15) is 40.2 Å². The van der Waals surface area contributed by atoms with Gasteiger partial charge >= 0.3 is 98.7 Å². The van der Waals surface area contributed by atoms with E-state index in [9.17, 15) is 80.4 Å². The quantitative estimate of drug-likeness (QED) is 0.0649. The van der Waals surface area contributed by atoms with Crippen LogP contribution in [0, 0.1) is 32.8 Å². The molecule has 6 aromatic rings. The first kappa shape index (κ1) is 60.1. The Morgan fingerprint density at radius 3 is 1.26 bits per heavy atom. The fourth-order valence-electron chi connectivity index (χ4n) is 5.55. The van der Waals surface area contributed by atoms with Crippen molar-refractivity contribution in [2.75, 3.05) is 5.73 Å². The fraction of sp³-hybridized carbons (Fsp3) is 0.250. The number of alkyl halides is 16. The average molecular weight is 1110 g/mol. The number of anilines is 1. The SMILES string of the molecule is Cn1nc(C(F)(F)C(F)(F)F)c(C(F)(F)F)c1-n1cc(-c2ccc(C#N)c(N)c2)nn1.Cn1nc(C(F)(F)C(F)(F)F)c(C(F)(F)F)c1-n1cc(-c2ccc(C#N)c([N+](=O)[O-])c2)nn1.O=S(=O)=S(=O)=O.[Na][Na]. The third kappa shape index (κ3) is 12.9. The molecule has 0 aliphatic carbocycles. The standard InChI is InChI=1S/C16H7F8N7O2.C16H9F8N7.2Na.O4S2/c1-29-13(11(15(19,20)21)12(27-29)14(17,18)16(22,23)24)30-6-9(26-28-30)7-2-3-8(5-25)10(4-7)31(32)33;1-30-13(11(15(19,20)21)12(28-30)14(17,18)16(22,23)24)31-6-10(27-29-31)7-2-3-8(5-25)9(26)4-7;;;1-5(2)6(3)4/h2-4,6H,1H3;2-4,6H,26H2,1H3;;;. The van der Waals surface area contributed by atoms with Crippen molar-refractivity contribution < 1.29 is 92.0 Å². The number of aromatic nitrogens is 10. The zero-order valence-corrected chi connectivity index (χ0v) is 41.0. The van der Waals surface area contributed by atoms with Gasteiger partial charge in [-0.05, 0) is 18.2 Å². The van der Waals surface area contributed by atoms with E-state index in [-0.39, 0.29) is 53.4 Å². The first-order valence-electron chi connectivity index (χ1n) is 18.1. The van der Waals surface area contributed by atoms with Crippen LogP contribution in [0.3, 0.4) is 0 Å². The third-order valence-corrected chi connectivity index (χ3v) is 9.41. The van der Waals surface area contributed by atoms with Crippen molar-refractivity contribution in [2.45, 2.75) is 36.6 Å². The number of benzene rings is 2. The van der Waals surface area contributed by atoms with Crippen molar-refractivity contribution in [2.24, 2.45) is 14.1 Å². The predicted octanol–water partition coefficient (Wildman–Crippen LogP) is 5.81. The summed E-state index contributed by atoms with van der Waals surface area (Å²) in [6.07, 6.45) is -22.4. The van der Waals surface area contributed by atoms with Crippen LogP contribution in [0.15, 0.2) is 48.8 Å². The predicted molar refractivity (Wildman–Crippen MR) is 207 cm³/mol. The van der Waals surface area contributed by atoms with Gasteiger partial charge in [0.05, 0.1) is 28.6 Å². The summed E-state index contributed by atoms with van der Waals surface area (Å²) in [5.41, 5.74) is -5.27. The summed E-state index contributed by atoms with van der Waals surface area (Å²) in [7, 11) is -4.46. The maximum atomic E-state index is 13.8. The Balaban J connectivity index is 0.000000332. The molecule has 0 fully saturated rings. The van der Waals surface area contributed by atoms with Crippen LogP contribution < -0.4 is 5.73 Å². The second kappa shape index (κ2) is 22.3. The van der Waals surface area contributed by atoms with Crippen LogP contribution in [-0.2, 0) is 56.8 Å². The molecule has 6 rings (SSSR count). The first-order chi connectivity index (χ1) is 32.9. The van der Waals surface area contributed by atoms with E-state index in [4.69, 9.17) is 33.1 Å². The number of nitrogen functional groups attached to an aromatic ring is 1. The minimum atomic E-state index is -6.37. The second-order valence-electron chi connectivity index (χ2n) is 13.0. The van der Waals surface area contributed by atoms with Crippen molar-refractivity contribution in [3.05, 3.63) is 92.5 Å². The summed E-state index contributed by atoms with van der Waals surface area (Å²) in [4.78, 5) is 10.2. The van der Waals surface area contributed by atoms with Crippen LogP contribution in [0.2, 0.25) is 0 Å². The number of nitro benzene ring substituents is 1. The summed E-state index contributed by atoms with van der Waals surface area (Å²) < 4.78 is 250. The molecule has 2 aromatic carbocycles. The Labute approximate surface area is 418 Å². The molecule has 0 aliphatic heterocycles. The second-order valence-corrected chi connectivity index (χ2v) is 15.5. The first-order valence-corrected chi connectivity index (χ1v) is 28.8. The molecule has 0 aliphatic rings. The Bertz CT molecular complexity index is 3330. The van der Waals surface area contributed by atoms with Crippen molar-refractivity contribution in [3.63, 3.8) is 0 Å². The number of aryl methyl sites for hydroxylation is 2. The molecule has 0 saturated heterocycles. The van der Waals surface area contributed by atoms with Gasteiger partial charge in [-0.15, -0.1) is 10.2 Å².